The first-order valence-corrected chi connectivity index (χ1v) is 8.56. The van der Waals surface area contributed by atoms with Crippen molar-refractivity contribution in [2.45, 2.75) is 25.7 Å². The van der Waals surface area contributed by atoms with Crippen molar-refractivity contribution in [3.8, 4) is 6.07 Å². The molecule has 0 unspecified atom stereocenters. The molecule has 23 heavy (non-hydrogen) atoms. The second kappa shape index (κ2) is 7.42. The van der Waals surface area contributed by atoms with Gasteiger partial charge in [0.05, 0.1) is 21.4 Å². The van der Waals surface area contributed by atoms with Gasteiger partial charge < -0.3 is 10.6 Å². The van der Waals surface area contributed by atoms with Crippen molar-refractivity contribution in [3.63, 3.8) is 0 Å². The van der Waals surface area contributed by atoms with Crippen molar-refractivity contribution >= 4 is 27.3 Å². The Morgan fingerprint density at radius 2 is 1.52 bits per heavy atom. The molecule has 118 valence electrons. The summed E-state index contributed by atoms with van der Waals surface area (Å²) in [5.41, 5.74) is 5.36. The highest BCUT2D eigenvalue weighted by molar-refractivity contribution is 9.10. The average Bonchev–Trinajstić information content (AvgIpc) is 2.62. The van der Waals surface area contributed by atoms with Gasteiger partial charge in [-0.15, -0.1) is 0 Å². The third-order valence-electron chi connectivity index (χ3n) is 3.97. The van der Waals surface area contributed by atoms with E-state index in [-0.39, 0.29) is 0 Å². The van der Waals surface area contributed by atoms with Gasteiger partial charge >= 0.3 is 0 Å². The summed E-state index contributed by atoms with van der Waals surface area (Å²) in [5.74, 6) is 0. The summed E-state index contributed by atoms with van der Waals surface area (Å²) in [6.45, 7) is 2.04. The van der Waals surface area contributed by atoms with E-state index in [2.05, 4.69) is 42.6 Å². The molecule has 0 bridgehead atoms. The lowest BCUT2D eigenvalue weighted by atomic mass is 10.0. The summed E-state index contributed by atoms with van der Waals surface area (Å²) in [6.07, 6.45) is 11.7. The van der Waals surface area contributed by atoms with E-state index in [0.717, 1.165) is 42.5 Å². The summed E-state index contributed by atoms with van der Waals surface area (Å²) in [4.78, 5) is 8.12. The van der Waals surface area contributed by atoms with E-state index in [1.807, 2.05) is 18.6 Å². The van der Waals surface area contributed by atoms with Gasteiger partial charge in [0, 0.05) is 37.9 Å². The minimum Gasteiger partial charge on any atom is -0.384 e. The molecule has 2 aromatic heterocycles. The number of hydrogen-bond acceptors (Lipinski definition) is 5. The van der Waals surface area contributed by atoms with Gasteiger partial charge in [0.2, 0.25) is 0 Å². The largest absolute Gasteiger partial charge is 0.384 e. The topological polar surface area (TPSA) is 73.6 Å². The van der Waals surface area contributed by atoms with E-state index < -0.39 is 0 Å². The highest BCUT2D eigenvalue weighted by Gasteiger charge is 2.12. The summed E-state index contributed by atoms with van der Waals surface area (Å²) in [7, 11) is 0. The number of rotatable bonds is 0. The van der Waals surface area contributed by atoms with Gasteiger partial charge in [-0.2, -0.15) is 5.26 Å². The fourth-order valence-corrected chi connectivity index (χ4v) is 3.35. The third-order valence-corrected chi connectivity index (χ3v) is 4.57. The number of halogens is 1. The number of nitrogens with one attached hydrogen (secondary N) is 2. The molecule has 2 aliphatic heterocycles. The number of nitriles is 1. The van der Waals surface area contributed by atoms with Gasteiger partial charge in [-0.3, -0.25) is 9.97 Å². The number of pyridine rings is 2. The standard InChI is InChI=1S/C9H9N3.C8H9BrN2/c10-4-8-6-11-5-7-2-1-3-12-9(7)8;9-7-5-10-4-6-2-1-3-11-8(6)7/h5-6,12H,1-3H2;4-5,11H,1-3H2. The van der Waals surface area contributed by atoms with Gasteiger partial charge in [0.25, 0.3) is 0 Å². The molecule has 5 nitrogen and oxygen atoms in total. The minimum atomic E-state index is 0.659. The van der Waals surface area contributed by atoms with Gasteiger partial charge in [-0.05, 0) is 52.7 Å². The Morgan fingerprint density at radius 3 is 2.17 bits per heavy atom. The van der Waals surface area contributed by atoms with Crippen molar-refractivity contribution < 1.29 is 0 Å². The Balaban J connectivity index is 0.000000136. The van der Waals surface area contributed by atoms with E-state index in [4.69, 9.17) is 5.26 Å². The number of aryl methyl sites for hydroxylation is 2. The Kier molecular flexibility index (Phi) is 5.09. The zero-order valence-electron chi connectivity index (χ0n) is 12.8. The highest BCUT2D eigenvalue weighted by Crippen LogP contribution is 2.28. The van der Waals surface area contributed by atoms with Gasteiger partial charge in [-0.1, -0.05) is 0 Å². The number of anilines is 2. The zero-order valence-corrected chi connectivity index (χ0v) is 14.4. The molecule has 2 N–H and O–H groups in total. The maximum atomic E-state index is 8.76. The monoisotopic (exact) mass is 371 g/mol. The maximum Gasteiger partial charge on any atom is 0.103 e. The zero-order chi connectivity index (χ0) is 16.1. The summed E-state index contributed by atoms with van der Waals surface area (Å²) >= 11 is 3.46. The molecule has 0 saturated carbocycles. The van der Waals surface area contributed by atoms with E-state index in [9.17, 15) is 0 Å². The average molecular weight is 372 g/mol. The van der Waals surface area contributed by atoms with Crippen LogP contribution in [0.5, 0.6) is 0 Å². The molecule has 4 rings (SSSR count). The SMILES string of the molecule is Brc1cncc2c1NCCC2.N#Cc1cncc2c1NCCC2. The molecule has 4 heterocycles. The molecular weight excluding hydrogens is 354 g/mol. The molecule has 0 fully saturated rings. The van der Waals surface area contributed by atoms with Crippen molar-refractivity contribution in [3.05, 3.63) is 46.0 Å². The van der Waals surface area contributed by atoms with Crippen LogP contribution >= 0.6 is 15.9 Å². The second-order valence-electron chi connectivity index (χ2n) is 5.55. The van der Waals surface area contributed by atoms with Crippen LogP contribution in [0.15, 0.2) is 29.3 Å². The van der Waals surface area contributed by atoms with Crippen molar-refractivity contribution in [1.82, 2.24) is 9.97 Å². The molecule has 0 spiro atoms. The van der Waals surface area contributed by atoms with E-state index in [0.29, 0.717) is 5.56 Å². The summed E-state index contributed by atoms with van der Waals surface area (Å²) in [6, 6.07) is 2.13. The molecule has 6 heteroatoms. The van der Waals surface area contributed by atoms with Gasteiger partial charge in [0.15, 0.2) is 0 Å². The quantitative estimate of drug-likeness (QED) is 0.740. The first-order valence-electron chi connectivity index (χ1n) is 7.76. The van der Waals surface area contributed by atoms with Crippen LogP contribution in [0.1, 0.15) is 29.5 Å². The highest BCUT2D eigenvalue weighted by atomic mass is 79.9. The Morgan fingerprint density at radius 1 is 0.913 bits per heavy atom. The fraction of sp³-hybridized carbons (Fsp3) is 0.353. The van der Waals surface area contributed by atoms with E-state index in [1.54, 1.807) is 6.20 Å². The molecule has 0 aliphatic carbocycles. The Labute approximate surface area is 144 Å². The number of nitrogens with zero attached hydrogens (tertiary/aromatic N) is 3. The lowest BCUT2D eigenvalue weighted by Crippen LogP contribution is -2.13. The van der Waals surface area contributed by atoms with Crippen molar-refractivity contribution in [1.29, 1.82) is 5.26 Å². The first-order chi connectivity index (χ1) is 11.3. The van der Waals surface area contributed by atoms with Crippen molar-refractivity contribution in [2.24, 2.45) is 0 Å². The molecule has 2 aromatic rings. The Bertz CT molecular complexity index is 738. The van der Waals surface area contributed by atoms with E-state index in [1.165, 1.54) is 23.2 Å². The fourth-order valence-electron chi connectivity index (χ4n) is 2.83. The molecule has 0 radical (unpaired) electrons. The van der Waals surface area contributed by atoms with Crippen LogP contribution in [0.3, 0.4) is 0 Å². The lowest BCUT2D eigenvalue weighted by molar-refractivity contribution is 0.822. The van der Waals surface area contributed by atoms with Crippen LogP contribution < -0.4 is 10.6 Å². The number of hydrogen-bond donors (Lipinski definition) is 2. The minimum absolute atomic E-state index is 0.659. The summed E-state index contributed by atoms with van der Waals surface area (Å²) in [5, 5.41) is 15.3. The molecule has 0 aromatic carbocycles. The van der Waals surface area contributed by atoms with E-state index >= 15 is 0 Å². The van der Waals surface area contributed by atoms with Crippen LogP contribution in [-0.4, -0.2) is 23.1 Å². The molecule has 0 saturated heterocycles. The predicted octanol–water partition coefficient (Wildman–Crippen LogP) is 3.51. The van der Waals surface area contributed by atoms with Crippen LogP contribution in [0.2, 0.25) is 0 Å². The van der Waals surface area contributed by atoms with Gasteiger partial charge in [0.1, 0.15) is 6.07 Å². The third kappa shape index (κ3) is 3.62. The molecule has 0 amide bonds. The number of aromatic nitrogens is 2. The summed E-state index contributed by atoms with van der Waals surface area (Å²) < 4.78 is 1.08. The van der Waals surface area contributed by atoms with Crippen molar-refractivity contribution in [2.75, 3.05) is 23.7 Å². The van der Waals surface area contributed by atoms with Gasteiger partial charge in [-0.25, -0.2) is 0 Å². The van der Waals surface area contributed by atoms with Crippen LogP contribution in [-0.2, 0) is 12.8 Å². The smallest absolute Gasteiger partial charge is 0.103 e. The first kappa shape index (κ1) is 15.8. The number of fused-ring (bicyclic) bond motifs is 2. The lowest BCUT2D eigenvalue weighted by Gasteiger charge is -2.17. The maximum absolute atomic E-state index is 8.76. The van der Waals surface area contributed by atoms with Crippen LogP contribution in [0.4, 0.5) is 11.4 Å². The molecular formula is C17H18BrN5. The predicted molar refractivity (Wildman–Crippen MR) is 94.5 cm³/mol. The normalized spacial score (nSPS) is 14.8. The Hall–Kier alpha value is -2.13. The second-order valence-corrected chi connectivity index (χ2v) is 6.40. The van der Waals surface area contributed by atoms with Crippen LogP contribution in [0.25, 0.3) is 0 Å². The van der Waals surface area contributed by atoms with Crippen LogP contribution in [0, 0.1) is 11.3 Å². The molecule has 2 aliphatic rings. The molecule has 0 atom stereocenters.